The van der Waals surface area contributed by atoms with E-state index in [0.717, 1.165) is 36.0 Å². The molecular formula is C53H67N11O8. The summed E-state index contributed by atoms with van der Waals surface area (Å²) in [5.41, 5.74) is 21.4. The molecule has 382 valence electrons. The van der Waals surface area contributed by atoms with Crippen molar-refractivity contribution >= 4 is 29.5 Å². The third-order valence-corrected chi connectivity index (χ3v) is 13.7. The van der Waals surface area contributed by atoms with Crippen LogP contribution in [0.3, 0.4) is 0 Å². The third-order valence-electron chi connectivity index (χ3n) is 13.7. The standard InChI is InChI=1S/C53H67N11O8/c1-30-46(31(2)60-48(59-30)34-10-13-38(14-11-34)72-39-27-35-7-5-6-8-36(35)28-39)51(67)62-42(17-18-54)53(69)64(4)47-37-12-16-45(71-24-21-57)41(29-37)40-25-33(9-15-44(40)70-23-20-56)26-43(50(66)58-22-19-55)63-49(65)32(3)61-52(47)68/h9-16,25,29,32,35-36,39,42-43,47H,5-8,17-18,20-24,26-28,54,56-57H2,1-4H3,(H,58,66)(H,61,68)(H,62,67)(H,63,65)/t32-,35-,36+,39?,42-,43-,47-/m0/s1. The minimum Gasteiger partial charge on any atom is -0.492 e. The molecular weight excluding hydrogens is 919 g/mol. The van der Waals surface area contributed by atoms with Gasteiger partial charge in [-0.3, -0.25) is 24.0 Å². The lowest BCUT2D eigenvalue weighted by Gasteiger charge is -2.32. The van der Waals surface area contributed by atoms with E-state index in [0.29, 0.717) is 51.0 Å². The van der Waals surface area contributed by atoms with Crippen molar-refractivity contribution in [2.75, 3.05) is 46.4 Å². The number of carbonyl (C=O) groups is 5. The number of benzene rings is 3. The second-order valence-electron chi connectivity index (χ2n) is 18.8. The summed E-state index contributed by atoms with van der Waals surface area (Å²) in [6.45, 7) is 5.20. The van der Waals surface area contributed by atoms with Gasteiger partial charge < -0.3 is 57.6 Å². The molecule has 2 saturated carbocycles. The molecule has 72 heavy (non-hydrogen) atoms. The fraction of sp³-hybridized carbons (Fsp3) is 0.472. The van der Waals surface area contributed by atoms with E-state index in [4.69, 9.17) is 41.4 Å². The minimum atomic E-state index is -1.41. The average molecular weight is 986 g/mol. The number of nitrogens with zero attached hydrogens (tertiary/aromatic N) is 4. The molecule has 7 atom stereocenters. The SMILES string of the molecule is Cc1nc(-c2ccc(OC3C[C@H]4CCCC[C@H]4C3)cc2)nc(C)c1C(=O)N[C@@H](CCN)C(=O)N(C)[C@@H]1C(=O)N[C@@H](C)C(=O)N[C@H](C(=O)NCC#N)Cc2ccc(OCCN)c(c2)-c2cc1ccc2OCCN. The summed E-state index contributed by atoms with van der Waals surface area (Å²) in [4.78, 5) is 81.5. The topological polar surface area (TPSA) is 292 Å². The fourth-order valence-corrected chi connectivity index (χ4v) is 10.2. The van der Waals surface area contributed by atoms with Crippen LogP contribution in [0.2, 0.25) is 0 Å². The molecule has 1 unspecified atom stereocenters. The minimum absolute atomic E-state index is 0.000427. The Morgan fingerprint density at radius 3 is 2.08 bits per heavy atom. The van der Waals surface area contributed by atoms with Gasteiger partial charge in [-0.15, -0.1) is 0 Å². The first-order valence-corrected chi connectivity index (χ1v) is 24.8. The summed E-state index contributed by atoms with van der Waals surface area (Å²) in [5, 5.41) is 20.0. The van der Waals surface area contributed by atoms with Crippen LogP contribution in [0.15, 0.2) is 60.7 Å². The average Bonchev–Trinajstić information content (AvgIpc) is 3.78. The van der Waals surface area contributed by atoms with Crippen LogP contribution in [-0.4, -0.2) is 115 Å². The molecule has 7 rings (SSSR count). The Labute approximate surface area is 420 Å². The molecule has 2 fully saturated rings. The summed E-state index contributed by atoms with van der Waals surface area (Å²) in [7, 11) is 1.42. The van der Waals surface area contributed by atoms with Crippen molar-refractivity contribution in [3.63, 3.8) is 0 Å². The number of nitrogens with one attached hydrogen (secondary N) is 4. The molecule has 19 heteroatoms. The Balaban J connectivity index is 1.18. The van der Waals surface area contributed by atoms with Crippen LogP contribution in [0, 0.1) is 37.0 Å². The van der Waals surface area contributed by atoms with E-state index < -0.39 is 53.7 Å². The van der Waals surface area contributed by atoms with Crippen molar-refractivity contribution in [1.82, 2.24) is 36.1 Å². The number of nitriles is 1. The predicted molar refractivity (Wildman–Crippen MR) is 269 cm³/mol. The van der Waals surface area contributed by atoms with Gasteiger partial charge in [0.2, 0.25) is 23.6 Å². The van der Waals surface area contributed by atoms with Gasteiger partial charge in [0.05, 0.1) is 29.1 Å². The molecule has 1 aliphatic heterocycles. The predicted octanol–water partition coefficient (Wildman–Crippen LogP) is 3.28. The molecule has 5 amide bonds. The van der Waals surface area contributed by atoms with Crippen molar-refractivity contribution < 1.29 is 38.2 Å². The highest BCUT2D eigenvalue weighted by Gasteiger charge is 2.38. The van der Waals surface area contributed by atoms with Crippen molar-refractivity contribution in [3.8, 4) is 45.8 Å². The number of nitrogens with two attached hydrogens (primary N) is 3. The van der Waals surface area contributed by atoms with E-state index >= 15 is 0 Å². The Morgan fingerprint density at radius 2 is 1.47 bits per heavy atom. The van der Waals surface area contributed by atoms with E-state index in [1.165, 1.54) is 44.6 Å². The van der Waals surface area contributed by atoms with Gasteiger partial charge in [-0.2, -0.15) is 5.26 Å². The van der Waals surface area contributed by atoms with Crippen LogP contribution in [-0.2, 0) is 25.6 Å². The van der Waals surface area contributed by atoms with Crippen molar-refractivity contribution in [2.45, 2.75) is 102 Å². The van der Waals surface area contributed by atoms with Crippen LogP contribution in [0.25, 0.3) is 22.5 Å². The highest BCUT2D eigenvalue weighted by molar-refractivity contribution is 6.00. The lowest BCUT2D eigenvalue weighted by molar-refractivity contribution is -0.141. The Kier molecular flexibility index (Phi) is 17.8. The summed E-state index contributed by atoms with van der Waals surface area (Å²) >= 11 is 0. The Hall–Kier alpha value is -7.14. The number of aryl methyl sites for hydroxylation is 2. The van der Waals surface area contributed by atoms with Gasteiger partial charge in [0.1, 0.15) is 61.2 Å². The van der Waals surface area contributed by atoms with E-state index in [1.807, 2.05) is 30.3 Å². The van der Waals surface area contributed by atoms with Crippen LogP contribution in [0.1, 0.15) is 90.8 Å². The molecule has 10 N–H and O–H groups in total. The number of amides is 5. The summed E-state index contributed by atoms with van der Waals surface area (Å²) in [5.74, 6) is 0.169. The van der Waals surface area contributed by atoms with Gasteiger partial charge in [0, 0.05) is 43.2 Å². The maximum atomic E-state index is 14.8. The van der Waals surface area contributed by atoms with Gasteiger partial charge in [-0.25, -0.2) is 9.97 Å². The monoisotopic (exact) mass is 986 g/mol. The van der Waals surface area contributed by atoms with E-state index in [-0.39, 0.29) is 63.9 Å². The maximum Gasteiger partial charge on any atom is 0.255 e. The summed E-state index contributed by atoms with van der Waals surface area (Å²) in [6, 6.07) is 14.7. The lowest BCUT2D eigenvalue weighted by Crippen LogP contribution is -2.56. The number of carbonyl (C=O) groups excluding carboxylic acids is 5. The zero-order chi connectivity index (χ0) is 51.5. The molecule has 3 aliphatic rings. The fourth-order valence-electron chi connectivity index (χ4n) is 10.2. The lowest BCUT2D eigenvalue weighted by atomic mass is 9.82. The number of fused-ring (bicyclic) bond motifs is 6. The molecule has 2 heterocycles. The Morgan fingerprint density at radius 1 is 0.847 bits per heavy atom. The van der Waals surface area contributed by atoms with Crippen molar-refractivity contribution in [3.05, 3.63) is 88.7 Å². The highest BCUT2D eigenvalue weighted by atomic mass is 16.5. The zero-order valence-corrected chi connectivity index (χ0v) is 41.5. The number of likely N-dealkylation sites (N-methyl/N-ethyl adjacent to an activating group) is 1. The quantitative estimate of drug-likeness (QED) is 0.0748. The molecule has 0 radical (unpaired) electrons. The summed E-state index contributed by atoms with van der Waals surface area (Å²) in [6.07, 6.45) is 7.61. The second-order valence-corrected chi connectivity index (χ2v) is 18.8. The van der Waals surface area contributed by atoms with Gasteiger partial charge in [0.25, 0.3) is 5.91 Å². The molecule has 4 bridgehead atoms. The van der Waals surface area contributed by atoms with Gasteiger partial charge >= 0.3 is 0 Å². The molecule has 19 nitrogen and oxygen atoms in total. The van der Waals surface area contributed by atoms with Gasteiger partial charge in [-0.1, -0.05) is 37.8 Å². The first-order valence-electron chi connectivity index (χ1n) is 24.8. The van der Waals surface area contributed by atoms with Crippen molar-refractivity contribution in [2.24, 2.45) is 29.0 Å². The van der Waals surface area contributed by atoms with Crippen molar-refractivity contribution in [1.29, 1.82) is 5.26 Å². The first kappa shape index (κ1) is 52.7. The number of hydrogen-bond donors (Lipinski definition) is 7. The zero-order valence-electron chi connectivity index (χ0n) is 41.5. The first-order chi connectivity index (χ1) is 34.7. The normalized spacial score (nSPS) is 21.1. The van der Waals surface area contributed by atoms with Crippen LogP contribution >= 0.6 is 0 Å². The third kappa shape index (κ3) is 12.5. The number of rotatable bonds is 17. The maximum absolute atomic E-state index is 14.8. The molecule has 1 aromatic heterocycles. The number of ether oxygens (including phenoxy) is 3. The van der Waals surface area contributed by atoms with Crippen LogP contribution < -0.4 is 52.7 Å². The second kappa shape index (κ2) is 24.3. The summed E-state index contributed by atoms with van der Waals surface area (Å²) < 4.78 is 18.6. The van der Waals surface area contributed by atoms with Crippen LogP contribution in [0.4, 0.5) is 0 Å². The Bertz CT molecular complexity index is 2620. The largest absolute Gasteiger partial charge is 0.492 e. The van der Waals surface area contributed by atoms with Gasteiger partial charge in [0.15, 0.2) is 5.82 Å². The molecule has 0 saturated heterocycles. The van der Waals surface area contributed by atoms with E-state index in [1.54, 1.807) is 50.2 Å². The highest BCUT2D eigenvalue weighted by Crippen LogP contribution is 2.44. The molecule has 2 aliphatic carbocycles. The van der Waals surface area contributed by atoms with Crippen LogP contribution in [0.5, 0.6) is 17.2 Å². The molecule has 4 aromatic rings. The molecule has 0 spiro atoms. The smallest absolute Gasteiger partial charge is 0.255 e. The van der Waals surface area contributed by atoms with E-state index in [9.17, 15) is 29.2 Å². The number of hydrogen-bond acceptors (Lipinski definition) is 14. The molecule has 3 aromatic carbocycles. The van der Waals surface area contributed by atoms with E-state index in [2.05, 4.69) is 21.3 Å². The number of aromatic nitrogens is 2. The van der Waals surface area contributed by atoms with Gasteiger partial charge in [-0.05, 0) is 118 Å².